The van der Waals surface area contributed by atoms with Gasteiger partial charge in [-0.2, -0.15) is 0 Å². The molecule has 1 saturated carbocycles. The highest BCUT2D eigenvalue weighted by Gasteiger charge is 2.27. The summed E-state index contributed by atoms with van der Waals surface area (Å²) in [5.41, 5.74) is 0.842. The van der Waals surface area contributed by atoms with Crippen LogP contribution in [0.2, 0.25) is 5.02 Å². The Morgan fingerprint density at radius 1 is 1.28 bits per heavy atom. The maximum Gasteiger partial charge on any atom is 0.0842 e. The van der Waals surface area contributed by atoms with Crippen LogP contribution < -0.4 is 0 Å². The maximum absolute atomic E-state index is 10.2. The molecule has 0 amide bonds. The SMILES string of the molecule is OC(Cc1ccncc1Cl)C(O)C1CCCCC1. The number of hydrogen-bond acceptors (Lipinski definition) is 3. The summed E-state index contributed by atoms with van der Waals surface area (Å²) in [4.78, 5) is 3.91. The summed E-state index contributed by atoms with van der Waals surface area (Å²) in [7, 11) is 0. The summed E-state index contributed by atoms with van der Waals surface area (Å²) in [5, 5.41) is 20.9. The molecule has 1 heterocycles. The van der Waals surface area contributed by atoms with E-state index in [0.29, 0.717) is 11.4 Å². The quantitative estimate of drug-likeness (QED) is 0.883. The summed E-state index contributed by atoms with van der Waals surface area (Å²) in [6.45, 7) is 0. The van der Waals surface area contributed by atoms with Crippen molar-refractivity contribution < 1.29 is 10.2 Å². The summed E-state index contributed by atoms with van der Waals surface area (Å²) >= 11 is 6.00. The molecule has 18 heavy (non-hydrogen) atoms. The van der Waals surface area contributed by atoms with Crippen LogP contribution in [0.25, 0.3) is 0 Å². The largest absolute Gasteiger partial charge is 0.390 e. The smallest absolute Gasteiger partial charge is 0.0842 e. The third-order valence-corrected chi connectivity index (χ3v) is 4.15. The van der Waals surface area contributed by atoms with Crippen LogP contribution in [0.3, 0.4) is 0 Å². The average molecular weight is 270 g/mol. The van der Waals surface area contributed by atoms with E-state index in [-0.39, 0.29) is 5.92 Å². The molecule has 1 aromatic heterocycles. The van der Waals surface area contributed by atoms with E-state index in [0.717, 1.165) is 31.2 Å². The molecule has 3 nitrogen and oxygen atoms in total. The van der Waals surface area contributed by atoms with E-state index in [4.69, 9.17) is 11.6 Å². The van der Waals surface area contributed by atoms with Crippen LogP contribution in [0, 0.1) is 5.92 Å². The van der Waals surface area contributed by atoms with Crippen molar-refractivity contribution in [2.45, 2.75) is 50.7 Å². The van der Waals surface area contributed by atoms with Crippen molar-refractivity contribution in [3.63, 3.8) is 0 Å². The predicted molar refractivity (Wildman–Crippen MR) is 71.5 cm³/mol. The summed E-state index contributed by atoms with van der Waals surface area (Å²) in [5.74, 6) is 0.231. The van der Waals surface area contributed by atoms with Crippen LogP contribution in [0.15, 0.2) is 18.5 Å². The first-order valence-electron chi connectivity index (χ1n) is 6.63. The zero-order chi connectivity index (χ0) is 13.0. The number of pyridine rings is 1. The van der Waals surface area contributed by atoms with Gasteiger partial charge in [0.2, 0.25) is 0 Å². The summed E-state index contributed by atoms with van der Waals surface area (Å²) in [6.07, 6.45) is 7.81. The van der Waals surface area contributed by atoms with Gasteiger partial charge in [0.1, 0.15) is 0 Å². The van der Waals surface area contributed by atoms with Gasteiger partial charge in [-0.05, 0) is 30.4 Å². The fourth-order valence-electron chi connectivity index (χ4n) is 2.71. The van der Waals surface area contributed by atoms with Crippen molar-refractivity contribution in [2.24, 2.45) is 5.92 Å². The van der Waals surface area contributed by atoms with Gasteiger partial charge in [-0.25, -0.2) is 0 Å². The number of aliphatic hydroxyl groups excluding tert-OH is 2. The minimum Gasteiger partial charge on any atom is -0.390 e. The lowest BCUT2D eigenvalue weighted by atomic mass is 9.82. The number of aliphatic hydroxyl groups is 2. The number of halogens is 1. The number of rotatable bonds is 4. The maximum atomic E-state index is 10.2. The highest BCUT2D eigenvalue weighted by molar-refractivity contribution is 6.31. The molecule has 0 aliphatic heterocycles. The Bertz CT molecular complexity index is 380. The molecule has 0 bridgehead atoms. The zero-order valence-corrected chi connectivity index (χ0v) is 11.2. The molecule has 2 N–H and O–H groups in total. The fourth-order valence-corrected chi connectivity index (χ4v) is 2.90. The van der Waals surface area contributed by atoms with Crippen molar-refractivity contribution >= 4 is 11.6 Å². The Morgan fingerprint density at radius 2 is 2.00 bits per heavy atom. The molecule has 4 heteroatoms. The molecule has 2 atom stereocenters. The van der Waals surface area contributed by atoms with E-state index in [1.165, 1.54) is 6.42 Å². The summed E-state index contributed by atoms with van der Waals surface area (Å²) < 4.78 is 0. The Labute approximate surface area is 113 Å². The lowest BCUT2D eigenvalue weighted by Crippen LogP contribution is -2.36. The van der Waals surface area contributed by atoms with Crippen molar-refractivity contribution in [3.8, 4) is 0 Å². The van der Waals surface area contributed by atoms with Gasteiger partial charge >= 0.3 is 0 Å². The van der Waals surface area contributed by atoms with E-state index in [1.54, 1.807) is 18.5 Å². The van der Waals surface area contributed by atoms with Crippen molar-refractivity contribution in [1.82, 2.24) is 4.98 Å². The third kappa shape index (κ3) is 3.44. The molecular weight excluding hydrogens is 250 g/mol. The molecule has 1 aliphatic rings. The van der Waals surface area contributed by atoms with Gasteiger partial charge in [-0.15, -0.1) is 0 Å². The molecular formula is C14H20ClNO2. The average Bonchev–Trinajstić information content (AvgIpc) is 2.41. The second-order valence-corrected chi connectivity index (χ2v) is 5.53. The second-order valence-electron chi connectivity index (χ2n) is 5.13. The van der Waals surface area contributed by atoms with Crippen molar-refractivity contribution in [2.75, 3.05) is 0 Å². The molecule has 100 valence electrons. The van der Waals surface area contributed by atoms with Gasteiger partial charge < -0.3 is 10.2 Å². The minimum absolute atomic E-state index is 0.231. The first-order chi connectivity index (χ1) is 8.68. The van der Waals surface area contributed by atoms with Crippen LogP contribution in [0.5, 0.6) is 0 Å². The Balaban J connectivity index is 1.94. The molecule has 0 aromatic carbocycles. The van der Waals surface area contributed by atoms with Gasteiger partial charge in [-0.1, -0.05) is 30.9 Å². The standard InChI is InChI=1S/C14H20ClNO2/c15-12-9-16-7-6-11(12)8-13(17)14(18)10-4-2-1-3-5-10/h6-7,9-10,13-14,17-18H,1-5,8H2. The number of nitrogens with zero attached hydrogens (tertiary/aromatic N) is 1. The minimum atomic E-state index is -0.743. The molecule has 0 radical (unpaired) electrons. The van der Waals surface area contributed by atoms with E-state index in [2.05, 4.69) is 4.98 Å². The van der Waals surface area contributed by atoms with E-state index >= 15 is 0 Å². The van der Waals surface area contributed by atoms with Crippen molar-refractivity contribution in [1.29, 1.82) is 0 Å². The van der Waals surface area contributed by atoms with Crippen LogP contribution in [-0.4, -0.2) is 27.4 Å². The lowest BCUT2D eigenvalue weighted by molar-refractivity contribution is -0.0263. The van der Waals surface area contributed by atoms with Crippen LogP contribution >= 0.6 is 11.6 Å². The highest BCUT2D eigenvalue weighted by Crippen LogP contribution is 2.29. The Kier molecular flexibility index (Phi) is 4.98. The zero-order valence-electron chi connectivity index (χ0n) is 10.4. The molecule has 2 unspecified atom stereocenters. The van der Waals surface area contributed by atoms with E-state index in [1.807, 2.05) is 0 Å². The molecule has 0 spiro atoms. The van der Waals surface area contributed by atoms with Gasteiger partial charge in [0, 0.05) is 18.8 Å². The van der Waals surface area contributed by atoms with Gasteiger partial charge in [-0.3, -0.25) is 4.98 Å². The topological polar surface area (TPSA) is 53.4 Å². The van der Waals surface area contributed by atoms with Gasteiger partial charge in [0.05, 0.1) is 17.2 Å². The summed E-state index contributed by atoms with van der Waals surface area (Å²) in [6, 6.07) is 1.79. The molecule has 1 aliphatic carbocycles. The molecule has 1 fully saturated rings. The van der Waals surface area contributed by atoms with Crippen LogP contribution in [0.1, 0.15) is 37.7 Å². The molecule has 0 saturated heterocycles. The lowest BCUT2D eigenvalue weighted by Gasteiger charge is -2.29. The predicted octanol–water partition coefficient (Wildman–Crippen LogP) is 2.58. The first kappa shape index (κ1) is 13.8. The highest BCUT2D eigenvalue weighted by atomic mass is 35.5. The Hall–Kier alpha value is -0.640. The third-order valence-electron chi connectivity index (χ3n) is 3.81. The number of hydrogen-bond donors (Lipinski definition) is 2. The van der Waals surface area contributed by atoms with E-state index in [9.17, 15) is 10.2 Å². The van der Waals surface area contributed by atoms with Crippen LogP contribution in [0.4, 0.5) is 0 Å². The van der Waals surface area contributed by atoms with Gasteiger partial charge in [0.15, 0.2) is 0 Å². The second kappa shape index (κ2) is 6.50. The van der Waals surface area contributed by atoms with Crippen LogP contribution in [-0.2, 0) is 6.42 Å². The molecule has 1 aromatic rings. The first-order valence-corrected chi connectivity index (χ1v) is 7.01. The molecule has 2 rings (SSSR count). The van der Waals surface area contributed by atoms with Gasteiger partial charge in [0.25, 0.3) is 0 Å². The normalized spacial score (nSPS) is 20.6. The number of aromatic nitrogens is 1. The monoisotopic (exact) mass is 269 g/mol. The Morgan fingerprint density at radius 3 is 2.67 bits per heavy atom. The van der Waals surface area contributed by atoms with Crippen molar-refractivity contribution in [3.05, 3.63) is 29.0 Å². The fraction of sp³-hybridized carbons (Fsp3) is 0.643. The van der Waals surface area contributed by atoms with E-state index < -0.39 is 12.2 Å².